The molecule has 18 heavy (non-hydrogen) atoms. The molecule has 1 unspecified atom stereocenters. The highest BCUT2D eigenvalue weighted by molar-refractivity contribution is 7.99. The number of phenols is 1. The summed E-state index contributed by atoms with van der Waals surface area (Å²) in [6.45, 7) is 7.31. The summed E-state index contributed by atoms with van der Waals surface area (Å²) >= 11 is 1.86. The van der Waals surface area contributed by atoms with Gasteiger partial charge in [0, 0.05) is 30.3 Å². The number of hydrogen-bond acceptors (Lipinski definition) is 4. The van der Waals surface area contributed by atoms with Crippen LogP contribution in [0.1, 0.15) is 6.92 Å². The summed E-state index contributed by atoms with van der Waals surface area (Å²) < 4.78 is 5.35. The Balaban J connectivity index is 1.70. The van der Waals surface area contributed by atoms with E-state index >= 15 is 0 Å². The van der Waals surface area contributed by atoms with E-state index in [1.165, 1.54) is 4.90 Å². The minimum Gasteiger partial charge on any atom is -0.508 e. The van der Waals surface area contributed by atoms with Gasteiger partial charge in [-0.25, -0.2) is 0 Å². The number of morpholine rings is 1. The van der Waals surface area contributed by atoms with E-state index in [9.17, 15) is 5.11 Å². The predicted octanol–water partition coefficient (Wildman–Crippen LogP) is 2.45. The first-order valence-electron chi connectivity index (χ1n) is 6.46. The summed E-state index contributed by atoms with van der Waals surface area (Å²) in [5.74, 6) is 2.12. The lowest BCUT2D eigenvalue weighted by Gasteiger charge is -2.29. The minimum absolute atomic E-state index is 0.334. The van der Waals surface area contributed by atoms with Crippen molar-refractivity contribution < 1.29 is 9.84 Å². The Morgan fingerprint density at radius 1 is 1.28 bits per heavy atom. The summed E-state index contributed by atoms with van der Waals surface area (Å²) in [5, 5.41) is 9.22. The third kappa shape index (κ3) is 4.52. The maximum absolute atomic E-state index is 9.22. The van der Waals surface area contributed by atoms with Gasteiger partial charge in [0.15, 0.2) is 0 Å². The Morgan fingerprint density at radius 3 is 2.61 bits per heavy atom. The standard InChI is InChI=1S/C14H21NO2S/c1-12(10-15-6-8-17-9-7-15)11-18-14-4-2-13(16)3-5-14/h2-5,12,16H,6-11H2,1H3. The summed E-state index contributed by atoms with van der Waals surface area (Å²) in [6, 6.07) is 7.44. The molecule has 0 saturated carbocycles. The normalized spacial score (nSPS) is 18.7. The minimum atomic E-state index is 0.334. The van der Waals surface area contributed by atoms with Crippen LogP contribution in [0.25, 0.3) is 0 Å². The fraction of sp³-hybridized carbons (Fsp3) is 0.571. The lowest BCUT2D eigenvalue weighted by molar-refractivity contribution is 0.0331. The van der Waals surface area contributed by atoms with Crippen molar-refractivity contribution in [3.63, 3.8) is 0 Å². The van der Waals surface area contributed by atoms with E-state index in [0.29, 0.717) is 11.7 Å². The molecule has 1 aromatic carbocycles. The number of rotatable bonds is 5. The summed E-state index contributed by atoms with van der Waals surface area (Å²) in [5.41, 5.74) is 0. The zero-order valence-electron chi connectivity index (χ0n) is 10.8. The van der Waals surface area contributed by atoms with E-state index in [-0.39, 0.29) is 0 Å². The Labute approximate surface area is 113 Å². The van der Waals surface area contributed by atoms with Gasteiger partial charge >= 0.3 is 0 Å². The van der Waals surface area contributed by atoms with Crippen LogP contribution < -0.4 is 0 Å². The van der Waals surface area contributed by atoms with Gasteiger partial charge in [0.25, 0.3) is 0 Å². The van der Waals surface area contributed by atoms with Crippen molar-refractivity contribution in [2.45, 2.75) is 11.8 Å². The molecule has 1 aliphatic rings. The van der Waals surface area contributed by atoms with Crippen molar-refractivity contribution in [2.24, 2.45) is 5.92 Å². The van der Waals surface area contributed by atoms with Crippen LogP contribution in [-0.2, 0) is 4.74 Å². The van der Waals surface area contributed by atoms with Crippen molar-refractivity contribution in [3.8, 4) is 5.75 Å². The average molecular weight is 267 g/mol. The third-order valence-corrected chi connectivity index (χ3v) is 4.39. The second kappa shape index (κ2) is 7.02. The lowest BCUT2D eigenvalue weighted by Crippen LogP contribution is -2.39. The number of phenolic OH excluding ortho intramolecular Hbond substituents is 1. The van der Waals surface area contributed by atoms with Gasteiger partial charge in [-0.1, -0.05) is 6.92 Å². The quantitative estimate of drug-likeness (QED) is 0.831. The second-order valence-electron chi connectivity index (χ2n) is 4.82. The molecule has 1 aromatic rings. The molecule has 0 spiro atoms. The zero-order valence-corrected chi connectivity index (χ0v) is 11.7. The number of aromatic hydroxyl groups is 1. The molecule has 2 rings (SSSR count). The predicted molar refractivity (Wildman–Crippen MR) is 75.3 cm³/mol. The van der Waals surface area contributed by atoms with Crippen molar-refractivity contribution in [1.29, 1.82) is 0 Å². The first-order valence-corrected chi connectivity index (χ1v) is 7.44. The molecule has 0 amide bonds. The topological polar surface area (TPSA) is 32.7 Å². The summed E-state index contributed by atoms with van der Waals surface area (Å²) in [6.07, 6.45) is 0. The molecule has 0 bridgehead atoms. The van der Waals surface area contributed by atoms with Gasteiger partial charge in [-0.2, -0.15) is 0 Å². The van der Waals surface area contributed by atoms with E-state index in [1.807, 2.05) is 23.9 Å². The van der Waals surface area contributed by atoms with E-state index < -0.39 is 0 Å². The maximum Gasteiger partial charge on any atom is 0.115 e. The highest BCUT2D eigenvalue weighted by Crippen LogP contribution is 2.23. The molecular weight excluding hydrogens is 246 g/mol. The van der Waals surface area contributed by atoms with Gasteiger partial charge in [0.2, 0.25) is 0 Å². The van der Waals surface area contributed by atoms with Crippen molar-refractivity contribution in [1.82, 2.24) is 4.90 Å². The Bertz CT molecular complexity index is 349. The molecule has 1 N–H and O–H groups in total. The SMILES string of the molecule is CC(CSc1ccc(O)cc1)CN1CCOCC1. The molecule has 0 aromatic heterocycles. The van der Waals surface area contributed by atoms with E-state index in [2.05, 4.69) is 11.8 Å². The van der Waals surface area contributed by atoms with Gasteiger partial charge in [0.1, 0.15) is 5.75 Å². The number of nitrogens with zero attached hydrogens (tertiary/aromatic N) is 1. The largest absolute Gasteiger partial charge is 0.508 e. The van der Waals surface area contributed by atoms with Gasteiger partial charge in [-0.15, -0.1) is 11.8 Å². The molecule has 1 aliphatic heterocycles. The number of hydrogen-bond donors (Lipinski definition) is 1. The van der Waals surface area contributed by atoms with Gasteiger partial charge in [-0.3, -0.25) is 4.90 Å². The first-order chi connectivity index (χ1) is 8.74. The second-order valence-corrected chi connectivity index (χ2v) is 5.92. The molecular formula is C14H21NO2S. The Kier molecular flexibility index (Phi) is 5.35. The molecule has 1 saturated heterocycles. The molecule has 100 valence electrons. The zero-order chi connectivity index (χ0) is 12.8. The van der Waals surface area contributed by atoms with E-state index in [1.54, 1.807) is 12.1 Å². The van der Waals surface area contributed by atoms with Gasteiger partial charge in [-0.05, 0) is 30.2 Å². The molecule has 4 heteroatoms. The highest BCUT2D eigenvalue weighted by atomic mass is 32.2. The first kappa shape index (κ1) is 13.7. The highest BCUT2D eigenvalue weighted by Gasteiger charge is 2.13. The number of benzene rings is 1. The van der Waals surface area contributed by atoms with Crippen molar-refractivity contribution >= 4 is 11.8 Å². The molecule has 1 atom stereocenters. The van der Waals surface area contributed by atoms with E-state index in [0.717, 1.165) is 38.6 Å². The molecule has 1 fully saturated rings. The van der Waals surface area contributed by atoms with Crippen LogP contribution in [0.2, 0.25) is 0 Å². The van der Waals surface area contributed by atoms with Crippen molar-refractivity contribution in [3.05, 3.63) is 24.3 Å². The molecule has 1 heterocycles. The fourth-order valence-electron chi connectivity index (χ4n) is 2.06. The van der Waals surface area contributed by atoms with Gasteiger partial charge in [0.05, 0.1) is 13.2 Å². The van der Waals surface area contributed by atoms with Crippen LogP contribution in [0.5, 0.6) is 5.75 Å². The molecule has 0 aliphatic carbocycles. The van der Waals surface area contributed by atoms with Crippen molar-refractivity contribution in [2.75, 3.05) is 38.6 Å². The maximum atomic E-state index is 9.22. The van der Waals surface area contributed by atoms with Crippen LogP contribution in [0.15, 0.2) is 29.2 Å². The fourth-order valence-corrected chi connectivity index (χ4v) is 2.97. The summed E-state index contributed by atoms with van der Waals surface area (Å²) in [7, 11) is 0. The van der Waals surface area contributed by atoms with Crippen LogP contribution in [0, 0.1) is 5.92 Å². The smallest absolute Gasteiger partial charge is 0.115 e. The lowest BCUT2D eigenvalue weighted by atomic mass is 10.2. The number of thioether (sulfide) groups is 1. The Hall–Kier alpha value is -0.710. The average Bonchev–Trinajstić information content (AvgIpc) is 2.39. The summed E-state index contributed by atoms with van der Waals surface area (Å²) in [4.78, 5) is 3.70. The third-order valence-electron chi connectivity index (χ3n) is 3.04. The van der Waals surface area contributed by atoms with Crippen LogP contribution in [0.4, 0.5) is 0 Å². The number of ether oxygens (including phenoxy) is 1. The van der Waals surface area contributed by atoms with E-state index in [4.69, 9.17) is 4.74 Å². The van der Waals surface area contributed by atoms with Gasteiger partial charge < -0.3 is 9.84 Å². The van der Waals surface area contributed by atoms with Crippen LogP contribution in [-0.4, -0.2) is 48.6 Å². The van der Waals surface area contributed by atoms with Crippen LogP contribution >= 0.6 is 11.8 Å². The monoisotopic (exact) mass is 267 g/mol. The Morgan fingerprint density at radius 2 is 1.94 bits per heavy atom. The molecule has 3 nitrogen and oxygen atoms in total. The molecule has 0 radical (unpaired) electrons. The van der Waals surface area contributed by atoms with Crippen LogP contribution in [0.3, 0.4) is 0 Å².